The van der Waals surface area contributed by atoms with E-state index < -0.39 is 0 Å². The van der Waals surface area contributed by atoms with Gasteiger partial charge in [-0.15, -0.1) is 0 Å². The van der Waals surface area contributed by atoms with Crippen LogP contribution in [0.15, 0.2) is 36.5 Å². The molecule has 1 unspecified atom stereocenters. The molecule has 0 aliphatic rings. The highest BCUT2D eigenvalue weighted by molar-refractivity contribution is 5.33. The minimum atomic E-state index is -0.162. The van der Waals surface area contributed by atoms with Gasteiger partial charge in [0.1, 0.15) is 5.82 Å². The number of nitrogens with one attached hydrogen (secondary N) is 1. The van der Waals surface area contributed by atoms with Crippen LogP contribution in [-0.4, -0.2) is 11.5 Å². The third kappa shape index (κ3) is 3.42. The Morgan fingerprint density at radius 1 is 1.15 bits per heavy atom. The van der Waals surface area contributed by atoms with Crippen molar-refractivity contribution in [2.24, 2.45) is 0 Å². The van der Waals surface area contributed by atoms with Gasteiger partial charge in [0.05, 0.1) is 6.04 Å². The zero-order valence-electron chi connectivity index (χ0n) is 12.3. The van der Waals surface area contributed by atoms with Crippen molar-refractivity contribution in [3.8, 4) is 0 Å². The number of halogens is 1. The molecule has 1 aromatic carbocycles. The quantitative estimate of drug-likeness (QED) is 0.892. The predicted molar refractivity (Wildman–Crippen MR) is 80.2 cm³/mol. The van der Waals surface area contributed by atoms with Gasteiger partial charge < -0.3 is 5.32 Å². The Morgan fingerprint density at radius 2 is 1.90 bits per heavy atom. The van der Waals surface area contributed by atoms with E-state index in [2.05, 4.69) is 23.3 Å². The van der Waals surface area contributed by atoms with Crippen LogP contribution in [0.1, 0.15) is 41.8 Å². The summed E-state index contributed by atoms with van der Waals surface area (Å²) in [4.78, 5) is 4.36. The Morgan fingerprint density at radius 3 is 2.50 bits per heavy atom. The van der Waals surface area contributed by atoms with E-state index >= 15 is 0 Å². The van der Waals surface area contributed by atoms with Crippen molar-refractivity contribution in [2.45, 2.75) is 33.2 Å². The first-order chi connectivity index (χ1) is 9.61. The number of benzene rings is 1. The molecule has 1 N–H and O–H groups in total. The standard InChI is InChI=1S/C17H21FN2/c1-4-9-19-17(15-6-5-13(3)20-11-15)14-7-8-16(18)12(2)10-14/h5-8,10-11,17,19H,4,9H2,1-3H3. The van der Waals surface area contributed by atoms with E-state index in [1.54, 1.807) is 6.92 Å². The fourth-order valence-corrected chi connectivity index (χ4v) is 2.21. The van der Waals surface area contributed by atoms with E-state index in [1.807, 2.05) is 31.3 Å². The van der Waals surface area contributed by atoms with Gasteiger partial charge in [-0.05, 0) is 55.6 Å². The van der Waals surface area contributed by atoms with Crippen LogP contribution in [0, 0.1) is 19.7 Å². The van der Waals surface area contributed by atoms with Gasteiger partial charge in [-0.25, -0.2) is 4.39 Å². The highest BCUT2D eigenvalue weighted by atomic mass is 19.1. The molecule has 2 nitrogen and oxygen atoms in total. The van der Waals surface area contributed by atoms with Crippen LogP contribution in [-0.2, 0) is 0 Å². The van der Waals surface area contributed by atoms with Gasteiger partial charge in [-0.1, -0.05) is 25.1 Å². The largest absolute Gasteiger partial charge is 0.306 e. The molecular formula is C17H21FN2. The van der Waals surface area contributed by atoms with E-state index in [1.165, 1.54) is 6.07 Å². The molecule has 0 aliphatic heterocycles. The molecule has 0 saturated heterocycles. The van der Waals surface area contributed by atoms with Gasteiger partial charge in [-0.2, -0.15) is 0 Å². The van der Waals surface area contributed by atoms with E-state index in [0.29, 0.717) is 5.56 Å². The molecule has 0 bridgehead atoms. The maximum atomic E-state index is 13.4. The SMILES string of the molecule is CCCNC(c1ccc(C)nc1)c1ccc(F)c(C)c1. The van der Waals surface area contributed by atoms with Gasteiger partial charge >= 0.3 is 0 Å². The second kappa shape index (κ2) is 6.62. The lowest BCUT2D eigenvalue weighted by Crippen LogP contribution is -2.23. The van der Waals surface area contributed by atoms with E-state index in [4.69, 9.17) is 0 Å². The molecule has 0 aliphatic carbocycles. The fraction of sp³-hybridized carbons (Fsp3) is 0.353. The average Bonchev–Trinajstić information content (AvgIpc) is 2.45. The Balaban J connectivity index is 2.35. The molecule has 1 heterocycles. The van der Waals surface area contributed by atoms with Crippen molar-refractivity contribution in [3.05, 3.63) is 64.7 Å². The number of nitrogens with zero attached hydrogens (tertiary/aromatic N) is 1. The summed E-state index contributed by atoms with van der Waals surface area (Å²) in [6.07, 6.45) is 2.94. The van der Waals surface area contributed by atoms with Crippen LogP contribution in [0.4, 0.5) is 4.39 Å². The molecule has 1 aromatic heterocycles. The minimum absolute atomic E-state index is 0.0577. The number of pyridine rings is 1. The Hall–Kier alpha value is -1.74. The second-order valence-corrected chi connectivity index (χ2v) is 5.13. The van der Waals surface area contributed by atoms with Crippen molar-refractivity contribution in [3.63, 3.8) is 0 Å². The third-order valence-electron chi connectivity index (χ3n) is 3.38. The van der Waals surface area contributed by atoms with Gasteiger partial charge in [0, 0.05) is 11.9 Å². The first kappa shape index (κ1) is 14.7. The number of hydrogen-bond acceptors (Lipinski definition) is 2. The maximum absolute atomic E-state index is 13.4. The van der Waals surface area contributed by atoms with E-state index in [9.17, 15) is 4.39 Å². The number of rotatable bonds is 5. The molecule has 0 saturated carbocycles. The van der Waals surface area contributed by atoms with Crippen molar-refractivity contribution in [1.82, 2.24) is 10.3 Å². The van der Waals surface area contributed by atoms with Crippen molar-refractivity contribution in [2.75, 3.05) is 6.54 Å². The Kier molecular flexibility index (Phi) is 4.85. The smallest absolute Gasteiger partial charge is 0.126 e. The second-order valence-electron chi connectivity index (χ2n) is 5.13. The molecule has 106 valence electrons. The molecule has 3 heteroatoms. The monoisotopic (exact) mass is 272 g/mol. The van der Waals surface area contributed by atoms with Gasteiger partial charge in [0.2, 0.25) is 0 Å². The lowest BCUT2D eigenvalue weighted by Gasteiger charge is -2.20. The Bertz CT molecular complexity index is 564. The normalized spacial score (nSPS) is 12.4. The van der Waals surface area contributed by atoms with Crippen LogP contribution in [0.2, 0.25) is 0 Å². The van der Waals surface area contributed by atoms with Crippen LogP contribution in [0.5, 0.6) is 0 Å². The number of aryl methyl sites for hydroxylation is 2. The Labute approximate surface area is 120 Å². The fourth-order valence-electron chi connectivity index (χ4n) is 2.21. The molecule has 1 atom stereocenters. The number of hydrogen-bond donors (Lipinski definition) is 1. The summed E-state index contributed by atoms with van der Waals surface area (Å²) in [5.41, 5.74) is 3.85. The third-order valence-corrected chi connectivity index (χ3v) is 3.38. The summed E-state index contributed by atoms with van der Waals surface area (Å²) < 4.78 is 13.4. The molecule has 0 fully saturated rings. The average molecular weight is 272 g/mol. The van der Waals surface area contributed by atoms with Crippen molar-refractivity contribution in [1.29, 1.82) is 0 Å². The highest BCUT2D eigenvalue weighted by Crippen LogP contribution is 2.23. The zero-order chi connectivity index (χ0) is 14.5. The van der Waals surface area contributed by atoms with Gasteiger partial charge in [0.25, 0.3) is 0 Å². The minimum Gasteiger partial charge on any atom is -0.306 e. The first-order valence-electron chi connectivity index (χ1n) is 7.03. The molecule has 2 rings (SSSR count). The molecule has 0 spiro atoms. The number of aromatic nitrogens is 1. The van der Waals surface area contributed by atoms with Gasteiger partial charge in [0.15, 0.2) is 0 Å². The highest BCUT2D eigenvalue weighted by Gasteiger charge is 2.14. The van der Waals surface area contributed by atoms with Gasteiger partial charge in [-0.3, -0.25) is 4.98 Å². The van der Waals surface area contributed by atoms with Crippen LogP contribution in [0.3, 0.4) is 0 Å². The zero-order valence-corrected chi connectivity index (χ0v) is 12.3. The van der Waals surface area contributed by atoms with Crippen molar-refractivity contribution < 1.29 is 4.39 Å². The lowest BCUT2D eigenvalue weighted by atomic mass is 9.98. The van der Waals surface area contributed by atoms with Crippen LogP contribution < -0.4 is 5.32 Å². The molecule has 0 amide bonds. The molecule has 20 heavy (non-hydrogen) atoms. The maximum Gasteiger partial charge on any atom is 0.126 e. The molecule has 0 radical (unpaired) electrons. The van der Waals surface area contributed by atoms with Crippen LogP contribution >= 0.6 is 0 Å². The molecular weight excluding hydrogens is 251 g/mol. The first-order valence-corrected chi connectivity index (χ1v) is 7.03. The topological polar surface area (TPSA) is 24.9 Å². The van der Waals surface area contributed by atoms with Crippen LogP contribution in [0.25, 0.3) is 0 Å². The summed E-state index contributed by atoms with van der Waals surface area (Å²) in [7, 11) is 0. The summed E-state index contributed by atoms with van der Waals surface area (Å²) in [5.74, 6) is -0.162. The molecule has 2 aromatic rings. The lowest BCUT2D eigenvalue weighted by molar-refractivity contribution is 0.588. The summed E-state index contributed by atoms with van der Waals surface area (Å²) in [5, 5.41) is 3.51. The van der Waals surface area contributed by atoms with Crippen molar-refractivity contribution >= 4 is 0 Å². The van der Waals surface area contributed by atoms with E-state index in [0.717, 1.165) is 29.8 Å². The summed E-state index contributed by atoms with van der Waals surface area (Å²) >= 11 is 0. The van der Waals surface area contributed by atoms with E-state index in [-0.39, 0.29) is 11.9 Å². The summed E-state index contributed by atoms with van der Waals surface area (Å²) in [6.45, 7) is 6.81. The summed E-state index contributed by atoms with van der Waals surface area (Å²) in [6, 6.07) is 9.42. The predicted octanol–water partition coefficient (Wildman–Crippen LogP) is 3.93.